The van der Waals surface area contributed by atoms with Crippen LogP contribution in [0.2, 0.25) is 0 Å². The number of pyridine rings is 1. The number of fused-ring (bicyclic) bond motifs is 5. The van der Waals surface area contributed by atoms with Crippen molar-refractivity contribution in [1.29, 1.82) is 0 Å². The van der Waals surface area contributed by atoms with Gasteiger partial charge in [-0.1, -0.05) is 6.07 Å². The smallest absolute Gasteiger partial charge is 0.321 e. The van der Waals surface area contributed by atoms with Gasteiger partial charge in [0.05, 0.1) is 31.2 Å². The van der Waals surface area contributed by atoms with E-state index in [4.69, 9.17) is 14.2 Å². The number of carbonyl (C=O) groups excluding carboxylic acids is 1. The zero-order valence-corrected chi connectivity index (χ0v) is 15.7. The van der Waals surface area contributed by atoms with E-state index in [2.05, 4.69) is 10.3 Å². The monoisotopic (exact) mass is 381 g/mol. The number of rotatable bonds is 4. The quantitative estimate of drug-likeness (QED) is 0.877. The van der Waals surface area contributed by atoms with E-state index in [1.165, 1.54) is 0 Å². The van der Waals surface area contributed by atoms with Gasteiger partial charge in [0, 0.05) is 37.1 Å². The van der Waals surface area contributed by atoms with Crippen molar-refractivity contribution in [3.05, 3.63) is 42.6 Å². The lowest BCUT2D eigenvalue weighted by Crippen LogP contribution is -2.35. The van der Waals surface area contributed by atoms with E-state index in [-0.39, 0.29) is 6.03 Å². The Morgan fingerprint density at radius 2 is 1.89 bits per heavy atom. The van der Waals surface area contributed by atoms with Gasteiger partial charge in [-0.15, -0.1) is 0 Å². The molecule has 3 fully saturated rings. The molecule has 0 unspecified atom stereocenters. The van der Waals surface area contributed by atoms with Crippen molar-refractivity contribution in [3.8, 4) is 17.4 Å². The van der Waals surface area contributed by atoms with Crippen LogP contribution in [-0.4, -0.2) is 48.3 Å². The molecule has 4 heterocycles. The normalized spacial score (nSPS) is 27.5. The number of benzene rings is 1. The Balaban J connectivity index is 1.19. The number of ether oxygens (including phenoxy) is 3. The molecule has 0 spiro atoms. The molecule has 1 aromatic carbocycles. The molecule has 3 saturated heterocycles. The first-order valence-corrected chi connectivity index (χ1v) is 9.69. The highest BCUT2D eigenvalue weighted by Gasteiger charge is 2.53. The standard InChI is InChI=1S/C21H23N3O4/c1-26-14-3-2-4-15(9-14)27-20-8-5-13(10-22-20)23-21(25)24-11-16-17(12-24)19-7-6-18(16)28-19/h2-5,8-10,16-19H,6-7,11-12H2,1H3,(H,23,25)/t16-,17+,18+,19-. The van der Waals surface area contributed by atoms with E-state index < -0.39 is 0 Å². The van der Waals surface area contributed by atoms with Gasteiger partial charge in [-0.3, -0.25) is 0 Å². The molecule has 2 aromatic rings. The van der Waals surface area contributed by atoms with E-state index in [0.29, 0.717) is 41.4 Å². The number of urea groups is 1. The first-order chi connectivity index (χ1) is 13.7. The lowest BCUT2D eigenvalue weighted by molar-refractivity contribution is 0.0747. The molecule has 3 aliphatic heterocycles. The summed E-state index contributed by atoms with van der Waals surface area (Å²) >= 11 is 0. The Morgan fingerprint density at radius 1 is 1.14 bits per heavy atom. The molecule has 1 N–H and O–H groups in total. The second kappa shape index (κ2) is 6.98. The van der Waals surface area contributed by atoms with Gasteiger partial charge < -0.3 is 24.4 Å². The Bertz CT molecular complexity index is 854. The van der Waals surface area contributed by atoms with Gasteiger partial charge in [-0.25, -0.2) is 9.78 Å². The van der Waals surface area contributed by atoms with E-state index in [1.54, 1.807) is 31.5 Å². The van der Waals surface area contributed by atoms with Gasteiger partial charge in [-0.2, -0.15) is 0 Å². The van der Waals surface area contributed by atoms with Crippen LogP contribution in [0.5, 0.6) is 17.4 Å². The van der Waals surface area contributed by atoms with Gasteiger partial charge in [0.2, 0.25) is 5.88 Å². The molecule has 4 atom stereocenters. The lowest BCUT2D eigenvalue weighted by Gasteiger charge is -2.19. The Labute approximate surface area is 163 Å². The molecule has 2 amide bonds. The van der Waals surface area contributed by atoms with Gasteiger partial charge in [0.25, 0.3) is 0 Å². The molecule has 0 aliphatic carbocycles. The van der Waals surface area contributed by atoms with E-state index in [0.717, 1.165) is 31.7 Å². The molecule has 7 nitrogen and oxygen atoms in total. The predicted molar refractivity (Wildman–Crippen MR) is 103 cm³/mol. The number of anilines is 1. The predicted octanol–water partition coefficient (Wildman–Crippen LogP) is 3.52. The van der Waals surface area contributed by atoms with Crippen molar-refractivity contribution < 1.29 is 19.0 Å². The SMILES string of the molecule is COc1cccc(Oc2ccc(NC(=O)N3C[C@@H]4[C@H](C3)[C@H]3CC[C@@H]4O3)cn2)c1. The summed E-state index contributed by atoms with van der Waals surface area (Å²) in [4.78, 5) is 18.8. The van der Waals surface area contributed by atoms with Crippen LogP contribution < -0.4 is 14.8 Å². The summed E-state index contributed by atoms with van der Waals surface area (Å²) in [5.41, 5.74) is 0.652. The van der Waals surface area contributed by atoms with Crippen molar-refractivity contribution in [2.75, 3.05) is 25.5 Å². The number of carbonyl (C=O) groups is 1. The zero-order chi connectivity index (χ0) is 19.1. The Hall–Kier alpha value is -2.80. The molecule has 2 bridgehead atoms. The highest BCUT2D eigenvalue weighted by Crippen LogP contribution is 2.47. The highest BCUT2D eigenvalue weighted by atomic mass is 16.5. The maximum atomic E-state index is 12.6. The van der Waals surface area contributed by atoms with Gasteiger partial charge in [0.1, 0.15) is 11.5 Å². The van der Waals surface area contributed by atoms with Crippen LogP contribution in [0.3, 0.4) is 0 Å². The first kappa shape index (κ1) is 17.3. The van der Waals surface area contributed by atoms with Crippen molar-refractivity contribution in [1.82, 2.24) is 9.88 Å². The second-order valence-electron chi connectivity index (χ2n) is 7.62. The fourth-order valence-electron chi connectivity index (χ4n) is 4.63. The molecule has 7 heteroatoms. The van der Waals surface area contributed by atoms with Gasteiger partial charge in [-0.05, 0) is 31.0 Å². The third-order valence-electron chi connectivity index (χ3n) is 5.99. The topological polar surface area (TPSA) is 72.9 Å². The van der Waals surface area contributed by atoms with Crippen LogP contribution in [0.1, 0.15) is 12.8 Å². The van der Waals surface area contributed by atoms with Crippen LogP contribution in [-0.2, 0) is 4.74 Å². The highest BCUT2D eigenvalue weighted by molar-refractivity contribution is 5.89. The minimum atomic E-state index is -0.0722. The average Bonchev–Trinajstić information content (AvgIpc) is 3.43. The number of hydrogen-bond donors (Lipinski definition) is 1. The largest absolute Gasteiger partial charge is 0.497 e. The number of nitrogens with zero attached hydrogens (tertiary/aromatic N) is 2. The minimum absolute atomic E-state index is 0.0722. The summed E-state index contributed by atoms with van der Waals surface area (Å²) < 4.78 is 16.9. The minimum Gasteiger partial charge on any atom is -0.497 e. The maximum absolute atomic E-state index is 12.6. The summed E-state index contributed by atoms with van der Waals surface area (Å²) in [5.74, 6) is 2.82. The molecule has 28 heavy (non-hydrogen) atoms. The maximum Gasteiger partial charge on any atom is 0.321 e. The van der Waals surface area contributed by atoms with Crippen molar-refractivity contribution in [2.24, 2.45) is 11.8 Å². The van der Waals surface area contributed by atoms with Crippen molar-refractivity contribution in [3.63, 3.8) is 0 Å². The summed E-state index contributed by atoms with van der Waals surface area (Å²) in [7, 11) is 1.61. The summed E-state index contributed by atoms with van der Waals surface area (Å²) in [5, 5.41) is 2.94. The summed E-state index contributed by atoms with van der Waals surface area (Å²) in [6.45, 7) is 1.56. The molecule has 3 aliphatic rings. The average molecular weight is 381 g/mol. The van der Waals surface area contributed by atoms with Crippen molar-refractivity contribution >= 4 is 11.7 Å². The molecule has 0 saturated carbocycles. The van der Waals surface area contributed by atoms with Crippen LogP contribution in [0, 0.1) is 11.8 Å². The zero-order valence-electron chi connectivity index (χ0n) is 15.7. The van der Waals surface area contributed by atoms with Crippen LogP contribution in [0.15, 0.2) is 42.6 Å². The van der Waals surface area contributed by atoms with Gasteiger partial charge in [0.15, 0.2) is 0 Å². The second-order valence-corrected chi connectivity index (χ2v) is 7.62. The third-order valence-corrected chi connectivity index (χ3v) is 5.99. The molecule has 146 valence electrons. The third kappa shape index (κ3) is 3.16. The van der Waals surface area contributed by atoms with E-state index >= 15 is 0 Å². The fraction of sp³-hybridized carbons (Fsp3) is 0.429. The van der Waals surface area contributed by atoms with Crippen LogP contribution in [0.25, 0.3) is 0 Å². The van der Waals surface area contributed by atoms with Gasteiger partial charge >= 0.3 is 6.03 Å². The van der Waals surface area contributed by atoms with Crippen LogP contribution in [0.4, 0.5) is 10.5 Å². The molecular weight excluding hydrogens is 358 g/mol. The van der Waals surface area contributed by atoms with E-state index in [1.807, 2.05) is 23.1 Å². The number of methoxy groups -OCH3 is 1. The summed E-state index contributed by atoms with van der Waals surface area (Å²) in [6, 6.07) is 10.8. The number of hydrogen-bond acceptors (Lipinski definition) is 5. The van der Waals surface area contributed by atoms with E-state index in [9.17, 15) is 4.79 Å². The molecule has 0 radical (unpaired) electrons. The Kier molecular flexibility index (Phi) is 4.31. The molecular formula is C21H23N3O4. The van der Waals surface area contributed by atoms with Crippen molar-refractivity contribution in [2.45, 2.75) is 25.0 Å². The molecule has 1 aromatic heterocycles. The number of likely N-dealkylation sites (tertiary alicyclic amines) is 1. The lowest BCUT2D eigenvalue weighted by atomic mass is 9.82. The Morgan fingerprint density at radius 3 is 2.57 bits per heavy atom. The number of aromatic nitrogens is 1. The first-order valence-electron chi connectivity index (χ1n) is 9.69. The molecule has 5 rings (SSSR count). The number of amides is 2. The van der Waals surface area contributed by atoms with Crippen LogP contribution >= 0.6 is 0 Å². The number of nitrogens with one attached hydrogen (secondary N) is 1. The fourth-order valence-corrected chi connectivity index (χ4v) is 4.63. The summed E-state index contributed by atoms with van der Waals surface area (Å²) in [6.07, 6.45) is 4.59.